The molecule has 1 aromatic heterocycles. The van der Waals surface area contributed by atoms with Gasteiger partial charge in [0.1, 0.15) is 5.54 Å². The number of hydrogen-bond acceptors (Lipinski definition) is 7. The maximum absolute atomic E-state index is 13.0. The number of pyridine rings is 1. The molecule has 0 saturated carbocycles. The number of piperazine rings is 1. The monoisotopic (exact) mass is 560 g/mol. The number of likely N-dealkylation sites (N-methyl/N-ethyl adjacent to an activating group) is 1. The van der Waals surface area contributed by atoms with E-state index in [4.69, 9.17) is 19.8 Å². The van der Waals surface area contributed by atoms with Crippen molar-refractivity contribution in [3.05, 3.63) is 29.6 Å². The molecule has 38 heavy (non-hydrogen) atoms. The molecule has 3 N–H and O–H groups in total. The van der Waals surface area contributed by atoms with Crippen molar-refractivity contribution in [2.45, 2.75) is 44.2 Å². The zero-order valence-corrected chi connectivity index (χ0v) is 20.7. The van der Waals surface area contributed by atoms with Crippen molar-refractivity contribution in [3.8, 4) is 0 Å². The van der Waals surface area contributed by atoms with Gasteiger partial charge >= 0.3 is 24.3 Å². The van der Waals surface area contributed by atoms with E-state index in [2.05, 4.69) is 27.9 Å². The number of carbonyl (C=O) groups excluding carboxylic acids is 1. The average Bonchev–Trinajstić information content (AvgIpc) is 2.80. The van der Waals surface area contributed by atoms with E-state index in [-0.39, 0.29) is 18.1 Å². The van der Waals surface area contributed by atoms with Crippen LogP contribution in [0, 0.1) is 6.92 Å². The number of aryl methyl sites for hydroxylation is 1. The second-order valence-corrected chi connectivity index (χ2v) is 8.62. The minimum atomic E-state index is -5.08. The molecule has 16 heteroatoms. The number of carboxylic acids is 2. The zero-order chi connectivity index (χ0) is 29.3. The summed E-state index contributed by atoms with van der Waals surface area (Å²) in [6.07, 6.45) is -8.48. The van der Waals surface area contributed by atoms with Crippen molar-refractivity contribution in [3.63, 3.8) is 0 Å². The van der Waals surface area contributed by atoms with Gasteiger partial charge < -0.3 is 20.2 Å². The number of β-amino-alcohol motifs (C(OH)–C–C–N with tert-alkyl or cyclic N) is 1. The number of aliphatic hydroxyl groups is 1. The number of aliphatic hydroxyl groups excluding tert-OH is 1. The number of rotatable bonds is 4. The summed E-state index contributed by atoms with van der Waals surface area (Å²) in [4.78, 5) is 41.8. The first-order valence-corrected chi connectivity index (χ1v) is 11.3. The van der Waals surface area contributed by atoms with Gasteiger partial charge in [-0.15, -0.1) is 0 Å². The average molecular weight is 560 g/mol. The number of carbonyl (C=O) groups is 3. The third-order valence-corrected chi connectivity index (χ3v) is 5.99. The summed E-state index contributed by atoms with van der Waals surface area (Å²) in [5.74, 6) is -5.32. The summed E-state index contributed by atoms with van der Waals surface area (Å²) >= 11 is 0. The van der Waals surface area contributed by atoms with Crippen LogP contribution in [0.2, 0.25) is 0 Å². The lowest BCUT2D eigenvalue weighted by Gasteiger charge is -2.51. The highest BCUT2D eigenvalue weighted by Crippen LogP contribution is 2.33. The standard InChI is InChI=1S/C18H28N4O2.2C2HF3O2/c1-15-4-3-5-16(19-15)14-21-8-6-18(7-9-21)17(24)22(12-13-23)11-10-20(18)2;2*3-2(4,5)1(6)7/h3-5,23H,6-14H2,1-2H3;2*(H,6,7). The molecule has 10 nitrogen and oxygen atoms in total. The van der Waals surface area contributed by atoms with Gasteiger partial charge in [0, 0.05) is 45.0 Å². The van der Waals surface area contributed by atoms with Gasteiger partial charge in [0.15, 0.2) is 0 Å². The molecule has 3 heterocycles. The predicted molar refractivity (Wildman–Crippen MR) is 120 cm³/mol. The van der Waals surface area contributed by atoms with Crippen LogP contribution in [-0.4, -0.2) is 117 Å². The Bertz CT molecular complexity index is 927. The van der Waals surface area contributed by atoms with Gasteiger partial charge in [-0.05, 0) is 38.9 Å². The fraction of sp³-hybridized carbons (Fsp3) is 0.636. The number of carboxylic acid groups (broad SMARTS) is 2. The number of amides is 1. The second kappa shape index (κ2) is 13.7. The van der Waals surface area contributed by atoms with Crippen LogP contribution in [0.25, 0.3) is 0 Å². The first-order valence-electron chi connectivity index (χ1n) is 11.3. The summed E-state index contributed by atoms with van der Waals surface area (Å²) in [6, 6.07) is 6.13. The van der Waals surface area contributed by atoms with E-state index in [1.165, 1.54) is 0 Å². The quantitative estimate of drug-likeness (QED) is 0.471. The number of aliphatic carboxylic acids is 2. The van der Waals surface area contributed by atoms with Crippen LogP contribution >= 0.6 is 0 Å². The first kappa shape index (κ1) is 33.0. The van der Waals surface area contributed by atoms with Crippen LogP contribution in [0.3, 0.4) is 0 Å². The van der Waals surface area contributed by atoms with Crippen LogP contribution in [0.1, 0.15) is 24.2 Å². The van der Waals surface area contributed by atoms with Crippen molar-refractivity contribution < 1.29 is 56.0 Å². The maximum atomic E-state index is 13.0. The predicted octanol–water partition coefficient (Wildman–Crippen LogP) is 1.76. The lowest BCUT2D eigenvalue weighted by molar-refractivity contribution is -0.193. The van der Waals surface area contributed by atoms with E-state index in [1.54, 1.807) is 0 Å². The second-order valence-electron chi connectivity index (χ2n) is 8.62. The van der Waals surface area contributed by atoms with Gasteiger partial charge in [0.2, 0.25) is 5.91 Å². The first-order chi connectivity index (χ1) is 17.4. The summed E-state index contributed by atoms with van der Waals surface area (Å²) in [5, 5.41) is 23.4. The molecule has 0 aliphatic carbocycles. The molecule has 2 aliphatic rings. The highest BCUT2D eigenvalue weighted by Gasteiger charge is 2.49. The Hall–Kier alpha value is -2.98. The number of likely N-dealkylation sites (tertiary alicyclic amines) is 1. The summed E-state index contributed by atoms with van der Waals surface area (Å²) in [6.45, 7) is 6.75. The molecule has 0 unspecified atom stereocenters. The fourth-order valence-corrected chi connectivity index (χ4v) is 3.97. The summed E-state index contributed by atoms with van der Waals surface area (Å²) in [7, 11) is 2.06. The molecule has 2 aliphatic heterocycles. The molecule has 2 fully saturated rings. The van der Waals surface area contributed by atoms with Gasteiger partial charge in [-0.25, -0.2) is 9.59 Å². The minimum absolute atomic E-state index is 0.0384. The zero-order valence-electron chi connectivity index (χ0n) is 20.7. The lowest BCUT2D eigenvalue weighted by atomic mass is 9.82. The van der Waals surface area contributed by atoms with E-state index in [1.807, 2.05) is 24.0 Å². The SMILES string of the molecule is Cc1cccc(CN2CCC3(CC2)C(=O)N(CCO)CCN3C)n1.O=C(O)C(F)(F)F.O=C(O)C(F)(F)F. The molecular formula is C22H30F6N4O6. The topological polar surface area (TPSA) is 135 Å². The number of aromatic nitrogens is 1. The minimum Gasteiger partial charge on any atom is -0.475 e. The third-order valence-electron chi connectivity index (χ3n) is 5.99. The van der Waals surface area contributed by atoms with Crippen LogP contribution in [0.4, 0.5) is 26.3 Å². The van der Waals surface area contributed by atoms with Crippen LogP contribution in [0.15, 0.2) is 18.2 Å². The van der Waals surface area contributed by atoms with Crippen LogP contribution < -0.4 is 0 Å². The van der Waals surface area contributed by atoms with E-state index in [0.717, 1.165) is 50.4 Å². The molecule has 216 valence electrons. The molecule has 0 atom stereocenters. The van der Waals surface area contributed by atoms with Crippen molar-refractivity contribution in [2.24, 2.45) is 0 Å². The fourth-order valence-electron chi connectivity index (χ4n) is 3.97. The molecule has 1 aromatic rings. The number of hydrogen-bond donors (Lipinski definition) is 3. The molecule has 1 spiro atoms. The lowest BCUT2D eigenvalue weighted by Crippen LogP contribution is -2.67. The molecule has 2 saturated heterocycles. The Kier molecular flexibility index (Phi) is 11.9. The van der Waals surface area contributed by atoms with Crippen LogP contribution in [0.5, 0.6) is 0 Å². The van der Waals surface area contributed by atoms with Gasteiger partial charge in [-0.3, -0.25) is 19.6 Å². The molecule has 0 bridgehead atoms. The summed E-state index contributed by atoms with van der Waals surface area (Å²) < 4.78 is 63.5. The van der Waals surface area contributed by atoms with Crippen LogP contribution in [-0.2, 0) is 20.9 Å². The molecule has 0 aromatic carbocycles. The van der Waals surface area contributed by atoms with Crippen molar-refractivity contribution >= 4 is 17.8 Å². The molecular weight excluding hydrogens is 530 g/mol. The Morgan fingerprint density at radius 2 is 1.47 bits per heavy atom. The number of halogens is 6. The number of alkyl halides is 6. The molecule has 3 rings (SSSR count). The van der Waals surface area contributed by atoms with E-state index >= 15 is 0 Å². The normalized spacial score (nSPS) is 18.2. The molecule has 0 radical (unpaired) electrons. The van der Waals surface area contributed by atoms with Crippen molar-refractivity contribution in [1.29, 1.82) is 0 Å². The van der Waals surface area contributed by atoms with Gasteiger partial charge in [-0.1, -0.05) is 6.07 Å². The maximum Gasteiger partial charge on any atom is 0.490 e. The van der Waals surface area contributed by atoms with E-state index in [9.17, 15) is 36.2 Å². The van der Waals surface area contributed by atoms with Gasteiger partial charge in [0.05, 0.1) is 12.3 Å². The molecule has 1 amide bonds. The van der Waals surface area contributed by atoms with E-state index in [0.29, 0.717) is 13.1 Å². The summed E-state index contributed by atoms with van der Waals surface area (Å²) in [5.41, 5.74) is 1.75. The van der Waals surface area contributed by atoms with Crippen molar-refractivity contribution in [2.75, 3.05) is 46.4 Å². The number of nitrogens with zero attached hydrogens (tertiary/aromatic N) is 4. The van der Waals surface area contributed by atoms with Crippen molar-refractivity contribution in [1.82, 2.24) is 19.7 Å². The highest BCUT2D eigenvalue weighted by atomic mass is 19.4. The van der Waals surface area contributed by atoms with Gasteiger partial charge in [-0.2, -0.15) is 26.3 Å². The Morgan fingerprint density at radius 1 is 0.974 bits per heavy atom. The number of piperidine rings is 1. The smallest absolute Gasteiger partial charge is 0.475 e. The Morgan fingerprint density at radius 3 is 1.89 bits per heavy atom. The van der Waals surface area contributed by atoms with E-state index < -0.39 is 24.3 Å². The third kappa shape index (κ3) is 9.72. The Balaban J connectivity index is 0.000000426. The Labute approximate surface area is 214 Å². The highest BCUT2D eigenvalue weighted by molar-refractivity contribution is 5.87. The largest absolute Gasteiger partial charge is 0.490 e. The van der Waals surface area contributed by atoms with Gasteiger partial charge in [0.25, 0.3) is 0 Å².